The number of sulfonamides is 1. The lowest BCUT2D eigenvalue weighted by Gasteiger charge is -2.29. The van der Waals surface area contributed by atoms with E-state index in [0.717, 1.165) is 11.3 Å². The molecule has 0 aliphatic heterocycles. The molecular weight excluding hydrogens is 272 g/mol. The minimum Gasteiger partial charge on any atom is -0.330 e. The van der Waals surface area contributed by atoms with Crippen molar-refractivity contribution in [2.24, 2.45) is 11.1 Å². The van der Waals surface area contributed by atoms with Crippen molar-refractivity contribution in [2.45, 2.75) is 34.1 Å². The third kappa shape index (κ3) is 4.80. The molecule has 2 N–H and O–H groups in total. The standard InChI is InChI=1S/C15H26N2O2S/c1-13-8-5-6-9-14(13)17(11-7-10-16)20(18,19)12-15(2,3)4/h5-6,8-9H,7,10-12,16H2,1-4H3. The van der Waals surface area contributed by atoms with Crippen LogP contribution in [0.15, 0.2) is 24.3 Å². The van der Waals surface area contributed by atoms with E-state index < -0.39 is 10.0 Å². The molecule has 1 aromatic carbocycles. The molecule has 0 bridgehead atoms. The summed E-state index contributed by atoms with van der Waals surface area (Å²) >= 11 is 0. The molecule has 114 valence electrons. The zero-order valence-electron chi connectivity index (χ0n) is 12.9. The van der Waals surface area contributed by atoms with E-state index in [1.807, 2.05) is 52.0 Å². The molecule has 0 aromatic heterocycles. The van der Waals surface area contributed by atoms with Crippen LogP contribution in [-0.2, 0) is 10.0 Å². The van der Waals surface area contributed by atoms with Gasteiger partial charge in [-0.3, -0.25) is 4.31 Å². The first-order chi connectivity index (χ1) is 9.17. The summed E-state index contributed by atoms with van der Waals surface area (Å²) in [7, 11) is -3.35. The highest BCUT2D eigenvalue weighted by Gasteiger charge is 2.28. The fourth-order valence-corrected chi connectivity index (χ4v) is 4.27. The van der Waals surface area contributed by atoms with Crippen molar-refractivity contribution in [1.29, 1.82) is 0 Å². The number of aryl methyl sites for hydroxylation is 1. The van der Waals surface area contributed by atoms with E-state index >= 15 is 0 Å². The fraction of sp³-hybridized carbons (Fsp3) is 0.600. The first-order valence-electron chi connectivity index (χ1n) is 6.93. The Bertz CT molecular complexity index is 533. The molecule has 1 aromatic rings. The molecule has 1 rings (SSSR count). The Morgan fingerprint density at radius 2 is 1.80 bits per heavy atom. The first-order valence-corrected chi connectivity index (χ1v) is 8.54. The third-order valence-electron chi connectivity index (χ3n) is 2.90. The lowest BCUT2D eigenvalue weighted by atomic mass is 10.0. The van der Waals surface area contributed by atoms with Crippen molar-refractivity contribution < 1.29 is 8.42 Å². The summed E-state index contributed by atoms with van der Waals surface area (Å²) in [6.45, 7) is 8.64. The smallest absolute Gasteiger partial charge is 0.235 e. The zero-order valence-corrected chi connectivity index (χ0v) is 13.7. The molecule has 0 amide bonds. The van der Waals surface area contributed by atoms with Gasteiger partial charge in [-0.15, -0.1) is 0 Å². The maximum Gasteiger partial charge on any atom is 0.235 e. The van der Waals surface area contributed by atoms with Crippen molar-refractivity contribution in [3.63, 3.8) is 0 Å². The molecule has 4 nitrogen and oxygen atoms in total. The lowest BCUT2D eigenvalue weighted by molar-refractivity contribution is 0.460. The third-order valence-corrected chi connectivity index (χ3v) is 5.18. The SMILES string of the molecule is Cc1ccccc1N(CCCN)S(=O)(=O)CC(C)(C)C. The topological polar surface area (TPSA) is 63.4 Å². The van der Waals surface area contributed by atoms with Crippen molar-refractivity contribution >= 4 is 15.7 Å². The highest BCUT2D eigenvalue weighted by atomic mass is 32.2. The molecule has 0 spiro atoms. The van der Waals surface area contributed by atoms with Crippen molar-refractivity contribution in [3.05, 3.63) is 29.8 Å². The van der Waals surface area contributed by atoms with Gasteiger partial charge in [0, 0.05) is 6.54 Å². The van der Waals surface area contributed by atoms with Gasteiger partial charge in [-0.25, -0.2) is 8.42 Å². The normalized spacial score (nSPS) is 12.4. The lowest BCUT2D eigenvalue weighted by Crippen LogP contribution is -2.38. The van der Waals surface area contributed by atoms with E-state index in [0.29, 0.717) is 19.5 Å². The van der Waals surface area contributed by atoms with Crippen LogP contribution in [0.2, 0.25) is 0 Å². The number of hydrogen-bond donors (Lipinski definition) is 1. The van der Waals surface area contributed by atoms with Crippen LogP contribution in [0.3, 0.4) is 0 Å². The molecule has 20 heavy (non-hydrogen) atoms. The van der Waals surface area contributed by atoms with Crippen LogP contribution in [0.4, 0.5) is 5.69 Å². The molecule has 0 atom stereocenters. The van der Waals surface area contributed by atoms with Crippen molar-refractivity contribution in [2.75, 3.05) is 23.1 Å². The maximum absolute atomic E-state index is 12.7. The van der Waals surface area contributed by atoms with Crippen LogP contribution in [0.5, 0.6) is 0 Å². The second-order valence-electron chi connectivity index (χ2n) is 6.32. The molecule has 0 aliphatic carbocycles. The van der Waals surface area contributed by atoms with E-state index in [-0.39, 0.29) is 11.2 Å². The Kier molecular flexibility index (Phi) is 5.59. The zero-order chi connectivity index (χ0) is 15.4. The Balaban J connectivity index is 3.16. The van der Waals surface area contributed by atoms with Crippen LogP contribution in [0, 0.1) is 12.3 Å². The van der Waals surface area contributed by atoms with E-state index in [9.17, 15) is 8.42 Å². The number of hydrogen-bond acceptors (Lipinski definition) is 3. The highest BCUT2D eigenvalue weighted by molar-refractivity contribution is 7.92. The molecular formula is C15H26N2O2S. The molecule has 0 aliphatic rings. The second-order valence-corrected chi connectivity index (χ2v) is 8.21. The highest BCUT2D eigenvalue weighted by Crippen LogP contribution is 2.26. The number of anilines is 1. The average Bonchev–Trinajstić information content (AvgIpc) is 2.28. The maximum atomic E-state index is 12.7. The minimum atomic E-state index is -3.35. The van der Waals surface area contributed by atoms with E-state index in [4.69, 9.17) is 5.73 Å². The first kappa shape index (κ1) is 17.0. The van der Waals surface area contributed by atoms with Gasteiger partial charge in [0.2, 0.25) is 10.0 Å². The van der Waals surface area contributed by atoms with Crippen LogP contribution < -0.4 is 10.0 Å². The average molecular weight is 298 g/mol. The summed E-state index contributed by atoms with van der Waals surface area (Å²) in [5.74, 6) is 0.124. The monoisotopic (exact) mass is 298 g/mol. The summed E-state index contributed by atoms with van der Waals surface area (Å²) in [5.41, 5.74) is 6.98. The predicted molar refractivity (Wildman–Crippen MR) is 85.4 cm³/mol. The number of nitrogens with two attached hydrogens (primary N) is 1. The molecule has 0 heterocycles. The molecule has 0 fully saturated rings. The van der Waals surface area contributed by atoms with Gasteiger partial charge in [-0.2, -0.15) is 0 Å². The Morgan fingerprint density at radius 1 is 1.20 bits per heavy atom. The molecule has 0 unspecified atom stereocenters. The van der Waals surface area contributed by atoms with Crippen LogP contribution in [0.1, 0.15) is 32.8 Å². The summed E-state index contributed by atoms with van der Waals surface area (Å²) in [4.78, 5) is 0. The van der Waals surface area contributed by atoms with Gasteiger partial charge in [0.05, 0.1) is 11.4 Å². The minimum absolute atomic E-state index is 0.124. The Hall–Kier alpha value is -1.07. The quantitative estimate of drug-likeness (QED) is 0.877. The number of para-hydroxylation sites is 1. The Labute approximate surface area is 123 Å². The van der Waals surface area contributed by atoms with Gasteiger partial charge in [0.1, 0.15) is 0 Å². The molecule has 5 heteroatoms. The second kappa shape index (κ2) is 6.59. The van der Waals surface area contributed by atoms with Crippen molar-refractivity contribution in [3.8, 4) is 0 Å². The summed E-state index contributed by atoms with van der Waals surface area (Å²) in [6.07, 6.45) is 0.651. The largest absolute Gasteiger partial charge is 0.330 e. The van der Waals surface area contributed by atoms with Gasteiger partial charge in [-0.05, 0) is 36.9 Å². The van der Waals surface area contributed by atoms with E-state index in [1.165, 1.54) is 4.31 Å². The van der Waals surface area contributed by atoms with Gasteiger partial charge in [0.15, 0.2) is 0 Å². The van der Waals surface area contributed by atoms with Gasteiger partial charge in [0.25, 0.3) is 0 Å². The summed E-state index contributed by atoms with van der Waals surface area (Å²) in [6, 6.07) is 7.56. The van der Waals surface area contributed by atoms with E-state index in [1.54, 1.807) is 0 Å². The van der Waals surface area contributed by atoms with Crippen LogP contribution in [0.25, 0.3) is 0 Å². The Morgan fingerprint density at radius 3 is 2.30 bits per heavy atom. The number of nitrogens with zero attached hydrogens (tertiary/aromatic N) is 1. The molecule has 0 saturated carbocycles. The van der Waals surface area contributed by atoms with Crippen LogP contribution in [-0.4, -0.2) is 27.3 Å². The van der Waals surface area contributed by atoms with Crippen LogP contribution >= 0.6 is 0 Å². The molecule has 0 saturated heterocycles. The predicted octanol–water partition coefficient (Wildman–Crippen LogP) is 2.53. The van der Waals surface area contributed by atoms with Gasteiger partial charge < -0.3 is 5.73 Å². The molecule has 0 radical (unpaired) electrons. The number of benzene rings is 1. The summed E-state index contributed by atoms with van der Waals surface area (Å²) < 4.78 is 26.9. The van der Waals surface area contributed by atoms with E-state index in [2.05, 4.69) is 0 Å². The van der Waals surface area contributed by atoms with Crippen molar-refractivity contribution in [1.82, 2.24) is 0 Å². The van der Waals surface area contributed by atoms with Gasteiger partial charge in [-0.1, -0.05) is 39.0 Å². The van der Waals surface area contributed by atoms with Gasteiger partial charge >= 0.3 is 0 Å². The summed E-state index contributed by atoms with van der Waals surface area (Å²) in [5, 5.41) is 0. The number of rotatable bonds is 6. The fourth-order valence-electron chi connectivity index (χ4n) is 2.11.